The number of nitrogens with zero attached hydrogens (tertiary/aromatic N) is 2. The van der Waals surface area contributed by atoms with Gasteiger partial charge >= 0.3 is 0 Å². The molecule has 0 radical (unpaired) electrons. The molecule has 3 heteroatoms. The molecule has 16 rings (SSSR count). The van der Waals surface area contributed by atoms with Crippen LogP contribution in [0.5, 0.6) is 0 Å². The average Bonchev–Trinajstić information content (AvgIpc) is 3.94. The standard InChI is InChI=1S/C63H41BN2/c1-34-21-24-56-45(25-34)46-27-36(3)30-54-59(46)65(56)61-49(42-18-12-15-40-32-39(22-23-41(40)42)38-13-6-5-7-14-38)33-53-62-57(61)64(54)55-31-37(4)28-48-47-26-35(2)29-52(58(47)66(62)60(48)55)63(53)50-19-10-8-16-43(50)44-17-9-11-20-51(44)63/h5-33H,1-4H3. The molecule has 0 fully saturated rings. The molecule has 0 saturated carbocycles. The maximum atomic E-state index is 2.75. The van der Waals surface area contributed by atoms with Crippen molar-refractivity contribution in [3.05, 3.63) is 220 Å². The smallest absolute Gasteiger partial charge is 0.252 e. The molecule has 66 heavy (non-hydrogen) atoms. The number of aromatic nitrogens is 2. The highest BCUT2D eigenvalue weighted by molar-refractivity contribution is 7.00. The quantitative estimate of drug-likeness (QED) is 0.154. The summed E-state index contributed by atoms with van der Waals surface area (Å²) in [5, 5.41) is 7.88. The van der Waals surface area contributed by atoms with E-state index in [-0.39, 0.29) is 6.71 Å². The Balaban J connectivity index is 1.18. The van der Waals surface area contributed by atoms with Crippen molar-refractivity contribution in [1.29, 1.82) is 0 Å². The van der Waals surface area contributed by atoms with Crippen molar-refractivity contribution in [1.82, 2.24) is 9.13 Å². The van der Waals surface area contributed by atoms with Crippen LogP contribution in [0.25, 0.3) is 99.1 Å². The van der Waals surface area contributed by atoms with Crippen LogP contribution in [-0.2, 0) is 5.41 Å². The van der Waals surface area contributed by atoms with E-state index in [0.717, 1.165) is 0 Å². The van der Waals surface area contributed by atoms with Crippen molar-refractivity contribution < 1.29 is 0 Å². The number of rotatable bonds is 2. The van der Waals surface area contributed by atoms with E-state index >= 15 is 0 Å². The van der Waals surface area contributed by atoms with Gasteiger partial charge in [-0.2, -0.15) is 0 Å². The zero-order chi connectivity index (χ0) is 43.5. The first kappa shape index (κ1) is 35.5. The summed E-state index contributed by atoms with van der Waals surface area (Å²) in [6.07, 6.45) is 0. The third-order valence-electron chi connectivity index (χ3n) is 16.2. The minimum Gasteiger partial charge on any atom is -0.310 e. The van der Waals surface area contributed by atoms with Crippen LogP contribution in [0.1, 0.15) is 44.5 Å². The van der Waals surface area contributed by atoms with Gasteiger partial charge in [-0.15, -0.1) is 0 Å². The second-order valence-corrected chi connectivity index (χ2v) is 19.9. The number of aryl methyl sites for hydroxylation is 4. The van der Waals surface area contributed by atoms with Crippen molar-refractivity contribution in [2.45, 2.75) is 33.1 Å². The van der Waals surface area contributed by atoms with Gasteiger partial charge in [-0.25, -0.2) is 0 Å². The maximum absolute atomic E-state index is 2.75. The highest BCUT2D eigenvalue weighted by Gasteiger charge is 2.55. The molecule has 306 valence electrons. The summed E-state index contributed by atoms with van der Waals surface area (Å²) in [6, 6.07) is 68.4. The van der Waals surface area contributed by atoms with Gasteiger partial charge in [-0.3, -0.25) is 0 Å². The molecule has 0 unspecified atom stereocenters. The van der Waals surface area contributed by atoms with E-state index in [2.05, 4.69) is 213 Å². The summed E-state index contributed by atoms with van der Waals surface area (Å²) in [6.45, 7) is 9.18. The van der Waals surface area contributed by atoms with Gasteiger partial charge in [0.1, 0.15) is 0 Å². The molecule has 2 nitrogen and oxygen atoms in total. The van der Waals surface area contributed by atoms with Crippen LogP contribution < -0.4 is 16.4 Å². The van der Waals surface area contributed by atoms with E-state index in [0.29, 0.717) is 0 Å². The van der Waals surface area contributed by atoms with Crippen LogP contribution in [0.3, 0.4) is 0 Å². The Kier molecular flexibility index (Phi) is 6.38. The summed E-state index contributed by atoms with van der Waals surface area (Å²) >= 11 is 0. The molecule has 0 amide bonds. The van der Waals surface area contributed by atoms with Crippen molar-refractivity contribution in [3.8, 4) is 44.8 Å². The molecule has 4 aliphatic rings. The van der Waals surface area contributed by atoms with Crippen LogP contribution in [0.2, 0.25) is 0 Å². The number of fused-ring (bicyclic) bond motifs is 15. The maximum Gasteiger partial charge on any atom is 0.252 e. The monoisotopic (exact) mass is 836 g/mol. The van der Waals surface area contributed by atoms with Gasteiger partial charge in [0.15, 0.2) is 0 Å². The Morgan fingerprint density at radius 2 is 0.985 bits per heavy atom. The van der Waals surface area contributed by atoms with Crippen LogP contribution in [0.4, 0.5) is 0 Å². The average molecular weight is 837 g/mol. The first-order chi connectivity index (χ1) is 32.4. The molecule has 3 aliphatic heterocycles. The fraction of sp³-hybridized carbons (Fsp3) is 0.0794. The molecule has 12 aromatic rings. The first-order valence-electron chi connectivity index (χ1n) is 23.5. The summed E-state index contributed by atoms with van der Waals surface area (Å²) in [4.78, 5) is 0. The minimum atomic E-state index is -0.568. The Morgan fingerprint density at radius 3 is 1.73 bits per heavy atom. The lowest BCUT2D eigenvalue weighted by molar-refractivity contribution is 0.748. The fourth-order valence-electron chi connectivity index (χ4n) is 13.9. The second-order valence-electron chi connectivity index (χ2n) is 19.9. The molecule has 5 heterocycles. The van der Waals surface area contributed by atoms with Gasteiger partial charge in [0, 0.05) is 43.8 Å². The fourth-order valence-corrected chi connectivity index (χ4v) is 13.9. The summed E-state index contributed by atoms with van der Waals surface area (Å²) < 4.78 is 5.45. The summed E-state index contributed by atoms with van der Waals surface area (Å²) in [5.74, 6) is 0. The Morgan fingerprint density at radius 1 is 0.364 bits per heavy atom. The topological polar surface area (TPSA) is 9.86 Å². The highest BCUT2D eigenvalue weighted by atomic mass is 15.1. The molecule has 0 saturated heterocycles. The van der Waals surface area contributed by atoms with E-state index in [4.69, 9.17) is 0 Å². The van der Waals surface area contributed by atoms with Gasteiger partial charge < -0.3 is 9.13 Å². The molecule has 1 spiro atoms. The van der Waals surface area contributed by atoms with Gasteiger partial charge in [0.25, 0.3) is 6.71 Å². The van der Waals surface area contributed by atoms with E-state index in [1.807, 2.05) is 0 Å². The zero-order valence-electron chi connectivity index (χ0n) is 37.2. The van der Waals surface area contributed by atoms with Gasteiger partial charge in [0.05, 0.1) is 22.1 Å². The number of hydrogen-bond donors (Lipinski definition) is 0. The largest absolute Gasteiger partial charge is 0.310 e. The van der Waals surface area contributed by atoms with Crippen LogP contribution >= 0.6 is 0 Å². The lowest BCUT2D eigenvalue weighted by Crippen LogP contribution is -2.60. The third-order valence-corrected chi connectivity index (χ3v) is 16.2. The second kappa shape index (κ2) is 11.9. The van der Waals surface area contributed by atoms with Crippen molar-refractivity contribution >= 4 is 77.5 Å². The number of benzene rings is 10. The van der Waals surface area contributed by atoms with Crippen LogP contribution in [0, 0.1) is 27.7 Å². The van der Waals surface area contributed by atoms with Crippen LogP contribution in [-0.4, -0.2) is 15.8 Å². The number of hydrogen-bond acceptors (Lipinski definition) is 0. The molecule has 0 atom stereocenters. The van der Waals surface area contributed by atoms with Crippen molar-refractivity contribution in [2.24, 2.45) is 0 Å². The van der Waals surface area contributed by atoms with E-state index < -0.39 is 5.41 Å². The zero-order valence-corrected chi connectivity index (χ0v) is 37.2. The Labute approximate surface area is 383 Å². The molecule has 0 N–H and O–H groups in total. The molecular weight excluding hydrogens is 796 g/mol. The first-order valence-corrected chi connectivity index (χ1v) is 23.5. The highest BCUT2D eigenvalue weighted by Crippen LogP contribution is 2.62. The van der Waals surface area contributed by atoms with E-state index in [9.17, 15) is 0 Å². The third kappa shape index (κ3) is 4.01. The summed E-state index contributed by atoms with van der Waals surface area (Å²) in [5.41, 5.74) is 30.0. The normalized spacial score (nSPS) is 14.2. The Bertz CT molecular complexity index is 4230. The molecule has 1 aliphatic carbocycles. The van der Waals surface area contributed by atoms with Gasteiger partial charge in [-0.05, 0) is 147 Å². The predicted octanol–water partition coefficient (Wildman–Crippen LogP) is 13.4. The minimum absolute atomic E-state index is 0.0134. The predicted molar refractivity (Wildman–Crippen MR) is 278 cm³/mol. The SMILES string of the molecule is Cc1ccc2c(c1)c1cc(C)cc3c1n2-c1c(-c2cccc4cc(-c5ccccc5)ccc24)cc2c4c1B3c1cc(C)cc3c5cc(C)cc(c5n-4c13)C21c2ccccc2-c2ccccc21. The molecular formula is C63H41BN2. The van der Waals surface area contributed by atoms with E-state index in [1.165, 1.54) is 160 Å². The Hall–Kier alpha value is -7.88. The van der Waals surface area contributed by atoms with Crippen molar-refractivity contribution in [2.75, 3.05) is 0 Å². The van der Waals surface area contributed by atoms with Crippen LogP contribution in [0.15, 0.2) is 176 Å². The van der Waals surface area contributed by atoms with Crippen molar-refractivity contribution in [3.63, 3.8) is 0 Å². The summed E-state index contributed by atoms with van der Waals surface area (Å²) in [7, 11) is 0. The van der Waals surface area contributed by atoms with Gasteiger partial charge in [-0.1, -0.05) is 156 Å². The van der Waals surface area contributed by atoms with Gasteiger partial charge in [0.2, 0.25) is 0 Å². The molecule has 10 aromatic carbocycles. The lowest BCUT2D eigenvalue weighted by Gasteiger charge is -2.45. The lowest BCUT2D eigenvalue weighted by atomic mass is 9.33. The van der Waals surface area contributed by atoms with E-state index in [1.54, 1.807) is 0 Å². The molecule has 2 aromatic heterocycles. The molecule has 0 bridgehead atoms.